The van der Waals surface area contributed by atoms with Crippen LogP contribution in [0, 0.1) is 23.2 Å². The van der Waals surface area contributed by atoms with Crippen LogP contribution in [0.1, 0.15) is 26.2 Å². The molecule has 1 aliphatic heterocycles. The number of amides is 1. The number of hydrogen-bond acceptors (Lipinski definition) is 3. The minimum Gasteiger partial charge on any atom is -0.375 e. The second-order valence-electron chi connectivity index (χ2n) is 6.15. The van der Waals surface area contributed by atoms with Crippen molar-refractivity contribution in [3.63, 3.8) is 0 Å². The molecule has 0 bridgehead atoms. The van der Waals surface area contributed by atoms with Gasteiger partial charge in [0.25, 0.3) is 0 Å². The van der Waals surface area contributed by atoms with Crippen molar-refractivity contribution in [3.05, 3.63) is 11.1 Å². The van der Waals surface area contributed by atoms with Gasteiger partial charge < -0.3 is 10.0 Å². The van der Waals surface area contributed by atoms with Crippen molar-refractivity contribution in [2.45, 2.75) is 44.1 Å². The molecule has 1 saturated heterocycles. The maximum Gasteiger partial charge on any atom is 0.229 e. The van der Waals surface area contributed by atoms with Crippen molar-refractivity contribution in [2.24, 2.45) is 11.8 Å². The number of halogens is 3. The van der Waals surface area contributed by atoms with Gasteiger partial charge in [-0.2, -0.15) is 5.26 Å². The fourth-order valence-corrected chi connectivity index (χ4v) is 3.26. The Kier molecular flexibility index (Phi) is 5.08. The lowest BCUT2D eigenvalue weighted by atomic mass is 9.82. The monoisotopic (exact) mass is 332 g/mol. The number of nitriles is 1. The molecule has 0 aromatic heterocycles. The van der Waals surface area contributed by atoms with Gasteiger partial charge in [-0.25, -0.2) is 8.78 Å². The molecule has 22 heavy (non-hydrogen) atoms. The third-order valence-corrected chi connectivity index (χ3v) is 5.00. The quantitative estimate of drug-likeness (QED) is 0.789. The molecule has 1 fully saturated rings. The number of aliphatic hydroxyl groups excluding tert-OH is 1. The van der Waals surface area contributed by atoms with Gasteiger partial charge in [0.1, 0.15) is 6.17 Å². The molecule has 4 unspecified atom stereocenters. The van der Waals surface area contributed by atoms with Gasteiger partial charge in [0, 0.05) is 31.0 Å². The van der Waals surface area contributed by atoms with E-state index in [4.69, 9.17) is 16.9 Å². The summed E-state index contributed by atoms with van der Waals surface area (Å²) in [5.41, 5.74) is -1.97. The Balaban J connectivity index is 2.03. The minimum atomic E-state index is -1.97. The predicted octanol–water partition coefficient (Wildman–Crippen LogP) is 2.32. The molecule has 122 valence electrons. The Morgan fingerprint density at radius 2 is 2.18 bits per heavy atom. The van der Waals surface area contributed by atoms with Crippen LogP contribution >= 0.6 is 11.6 Å². The highest BCUT2D eigenvalue weighted by Gasteiger charge is 2.44. The summed E-state index contributed by atoms with van der Waals surface area (Å²) in [6, 6.07) is 1.51. The summed E-state index contributed by atoms with van der Waals surface area (Å²) in [4.78, 5) is 14.0. The first kappa shape index (κ1) is 17.2. The van der Waals surface area contributed by atoms with Gasteiger partial charge in [0.05, 0.1) is 12.0 Å². The van der Waals surface area contributed by atoms with E-state index < -0.39 is 23.9 Å². The van der Waals surface area contributed by atoms with E-state index in [1.165, 1.54) is 17.0 Å². The highest BCUT2D eigenvalue weighted by molar-refractivity contribution is 6.30. The molecule has 4 atom stereocenters. The van der Waals surface area contributed by atoms with Gasteiger partial charge in [-0.3, -0.25) is 4.79 Å². The first-order chi connectivity index (χ1) is 10.3. The summed E-state index contributed by atoms with van der Waals surface area (Å²) in [6.45, 7) is 2.04. The Labute approximate surface area is 133 Å². The minimum absolute atomic E-state index is 0.0493. The van der Waals surface area contributed by atoms with E-state index in [1.807, 2.05) is 0 Å². The van der Waals surface area contributed by atoms with Gasteiger partial charge in [0.15, 0.2) is 11.8 Å². The normalized spacial score (nSPS) is 32.8. The Bertz CT molecular complexity index is 512. The van der Waals surface area contributed by atoms with E-state index in [1.54, 1.807) is 6.92 Å². The van der Waals surface area contributed by atoms with Crippen molar-refractivity contribution < 1.29 is 18.7 Å². The van der Waals surface area contributed by atoms with Crippen molar-refractivity contribution in [1.29, 1.82) is 5.26 Å². The Morgan fingerprint density at radius 3 is 2.73 bits per heavy atom. The average Bonchev–Trinajstić information content (AvgIpc) is 2.50. The largest absolute Gasteiger partial charge is 0.375 e. The van der Waals surface area contributed by atoms with Crippen molar-refractivity contribution in [1.82, 2.24) is 4.90 Å². The third-order valence-electron chi connectivity index (χ3n) is 4.63. The molecule has 1 heterocycles. The van der Waals surface area contributed by atoms with Crippen LogP contribution in [0.4, 0.5) is 8.78 Å². The highest BCUT2D eigenvalue weighted by Crippen LogP contribution is 2.36. The first-order valence-electron chi connectivity index (χ1n) is 7.35. The zero-order valence-corrected chi connectivity index (χ0v) is 13.1. The van der Waals surface area contributed by atoms with Crippen LogP contribution in [-0.4, -0.2) is 46.9 Å². The van der Waals surface area contributed by atoms with E-state index in [0.717, 1.165) is 0 Å². The summed E-state index contributed by atoms with van der Waals surface area (Å²) in [7, 11) is 0. The SMILES string of the molecule is CC1CC(F)C(Cl)=CC1C(=O)N1CCC(F)(C(O)C#N)CC1. The molecule has 0 spiro atoms. The second kappa shape index (κ2) is 6.51. The maximum atomic E-state index is 14.3. The van der Waals surface area contributed by atoms with E-state index in [9.17, 15) is 18.7 Å². The number of carbonyl (C=O) groups is 1. The molecular weight excluding hydrogens is 314 g/mol. The lowest BCUT2D eigenvalue weighted by Crippen LogP contribution is -2.51. The number of rotatable bonds is 2. The van der Waals surface area contributed by atoms with Crippen LogP contribution < -0.4 is 0 Å². The van der Waals surface area contributed by atoms with Crippen LogP contribution in [0.25, 0.3) is 0 Å². The number of nitrogens with zero attached hydrogens (tertiary/aromatic N) is 2. The second-order valence-corrected chi connectivity index (χ2v) is 6.59. The van der Waals surface area contributed by atoms with Crippen molar-refractivity contribution in [2.75, 3.05) is 13.1 Å². The highest BCUT2D eigenvalue weighted by atomic mass is 35.5. The standard InChI is InChI=1S/C15H19ClF2N2O2/c1-9-6-12(17)11(16)7-10(9)14(22)20-4-2-15(18,3-5-20)13(21)8-19/h7,9-10,12-13,21H,2-6H2,1H3. The fraction of sp³-hybridized carbons (Fsp3) is 0.733. The number of carbonyl (C=O) groups excluding carboxylic acids is 1. The summed E-state index contributed by atoms with van der Waals surface area (Å²) in [5.74, 6) is -0.884. The van der Waals surface area contributed by atoms with Gasteiger partial charge >= 0.3 is 0 Å². The summed E-state index contributed by atoms with van der Waals surface area (Å²) < 4.78 is 27.8. The predicted molar refractivity (Wildman–Crippen MR) is 77.4 cm³/mol. The van der Waals surface area contributed by atoms with Crippen LogP contribution in [0.5, 0.6) is 0 Å². The maximum absolute atomic E-state index is 14.3. The number of allylic oxidation sites excluding steroid dienone is 1. The molecule has 0 aromatic carbocycles. The zero-order chi connectivity index (χ0) is 16.5. The number of alkyl halides is 2. The van der Waals surface area contributed by atoms with Crippen LogP contribution in [0.15, 0.2) is 11.1 Å². The number of likely N-dealkylation sites (tertiary alicyclic amines) is 1. The van der Waals surface area contributed by atoms with Gasteiger partial charge in [-0.05, 0) is 12.3 Å². The van der Waals surface area contributed by atoms with Gasteiger partial charge in [-0.15, -0.1) is 0 Å². The molecule has 1 amide bonds. The molecular formula is C15H19ClF2N2O2. The Morgan fingerprint density at radius 1 is 1.59 bits per heavy atom. The van der Waals surface area contributed by atoms with Crippen molar-refractivity contribution >= 4 is 17.5 Å². The van der Waals surface area contributed by atoms with Crippen LogP contribution in [0.2, 0.25) is 0 Å². The van der Waals surface area contributed by atoms with Gasteiger partial charge in [-0.1, -0.05) is 24.6 Å². The average molecular weight is 333 g/mol. The van der Waals surface area contributed by atoms with Crippen molar-refractivity contribution in [3.8, 4) is 6.07 Å². The number of piperidine rings is 1. The van der Waals surface area contributed by atoms with E-state index in [-0.39, 0.29) is 49.2 Å². The molecule has 1 aliphatic carbocycles. The van der Waals surface area contributed by atoms with Crippen LogP contribution in [-0.2, 0) is 4.79 Å². The molecule has 0 aromatic rings. The fourth-order valence-electron chi connectivity index (χ4n) is 3.04. The van der Waals surface area contributed by atoms with E-state index in [2.05, 4.69) is 0 Å². The molecule has 0 saturated carbocycles. The molecule has 7 heteroatoms. The first-order valence-corrected chi connectivity index (χ1v) is 7.73. The zero-order valence-electron chi connectivity index (χ0n) is 12.3. The molecule has 2 aliphatic rings. The Hall–Kier alpha value is -1.19. The van der Waals surface area contributed by atoms with Gasteiger partial charge in [0.2, 0.25) is 5.91 Å². The summed E-state index contributed by atoms with van der Waals surface area (Å²) >= 11 is 5.80. The topological polar surface area (TPSA) is 64.3 Å². The smallest absolute Gasteiger partial charge is 0.229 e. The van der Waals surface area contributed by atoms with Crippen LogP contribution in [0.3, 0.4) is 0 Å². The van der Waals surface area contributed by atoms with E-state index in [0.29, 0.717) is 0 Å². The molecule has 1 N–H and O–H groups in total. The molecule has 4 nitrogen and oxygen atoms in total. The summed E-state index contributed by atoms with van der Waals surface area (Å²) in [5, 5.41) is 18.1. The number of aliphatic hydroxyl groups is 1. The lowest BCUT2D eigenvalue weighted by Gasteiger charge is -2.39. The summed E-state index contributed by atoms with van der Waals surface area (Å²) in [6.07, 6.45) is -1.44. The number of hydrogen-bond donors (Lipinski definition) is 1. The lowest BCUT2D eigenvalue weighted by molar-refractivity contribution is -0.139. The van der Waals surface area contributed by atoms with E-state index >= 15 is 0 Å². The molecule has 2 rings (SSSR count). The molecule has 0 radical (unpaired) electrons. The third kappa shape index (κ3) is 3.26.